The second-order valence-electron chi connectivity index (χ2n) is 6.43. The van der Waals surface area contributed by atoms with Gasteiger partial charge in [-0.05, 0) is 48.5 Å². The first-order chi connectivity index (χ1) is 13.7. The number of furan rings is 1. The lowest BCUT2D eigenvalue weighted by Crippen LogP contribution is -2.29. The summed E-state index contributed by atoms with van der Waals surface area (Å²) >= 11 is 6.46. The summed E-state index contributed by atoms with van der Waals surface area (Å²) in [5.74, 6) is 0.0723. The Morgan fingerprint density at radius 3 is 2.62 bits per heavy atom. The molecule has 2 heterocycles. The van der Waals surface area contributed by atoms with Crippen LogP contribution >= 0.6 is 23.4 Å². The molecule has 1 aromatic carbocycles. The lowest BCUT2D eigenvalue weighted by atomic mass is 10.1. The molecule has 0 N–H and O–H groups in total. The monoisotopic (exact) mass is 443 g/mol. The quantitative estimate of drug-likeness (QED) is 0.362. The zero-order valence-electron chi connectivity index (χ0n) is 15.4. The number of carbonyl (C=O) groups excluding carboxylic acids is 2. The van der Waals surface area contributed by atoms with Gasteiger partial charge in [-0.2, -0.15) is 13.2 Å². The number of hydrogen-bond acceptors (Lipinski definition) is 4. The number of benzene rings is 1. The van der Waals surface area contributed by atoms with Crippen LogP contribution in [0.3, 0.4) is 0 Å². The number of rotatable bonds is 6. The average molecular weight is 444 g/mol. The zero-order chi connectivity index (χ0) is 21.2. The minimum atomic E-state index is -4.58. The molecule has 0 aliphatic carbocycles. The number of alkyl halides is 3. The highest BCUT2D eigenvalue weighted by atomic mass is 35.5. The van der Waals surface area contributed by atoms with Crippen LogP contribution in [0.1, 0.15) is 37.5 Å². The van der Waals surface area contributed by atoms with E-state index in [1.54, 1.807) is 0 Å². The highest BCUT2D eigenvalue weighted by Gasteiger charge is 2.35. The first kappa shape index (κ1) is 21.5. The minimum Gasteiger partial charge on any atom is -0.457 e. The Hall–Kier alpha value is -2.19. The number of nitrogens with zero attached hydrogens (tertiary/aromatic N) is 1. The van der Waals surface area contributed by atoms with Crippen molar-refractivity contribution in [1.82, 2.24) is 4.90 Å². The SMILES string of the molecule is CCCCCN1C(=O)S/C(=C\c2ccc(-c3ccc(Cl)c(C(F)(F)F)c3)o2)C1=O. The predicted molar refractivity (Wildman–Crippen MR) is 106 cm³/mol. The van der Waals surface area contributed by atoms with Gasteiger partial charge in [0.25, 0.3) is 11.1 Å². The summed E-state index contributed by atoms with van der Waals surface area (Å²) in [5.41, 5.74) is -0.753. The molecule has 9 heteroatoms. The van der Waals surface area contributed by atoms with Gasteiger partial charge in [0, 0.05) is 18.2 Å². The molecule has 0 spiro atoms. The van der Waals surface area contributed by atoms with Crippen LogP contribution in [-0.4, -0.2) is 22.6 Å². The Balaban J connectivity index is 1.81. The number of carbonyl (C=O) groups is 2. The Morgan fingerprint density at radius 1 is 1.17 bits per heavy atom. The molecule has 2 aromatic rings. The molecule has 0 saturated carbocycles. The number of unbranched alkanes of at least 4 members (excludes halogenated alkanes) is 2. The maximum absolute atomic E-state index is 13.0. The lowest BCUT2D eigenvalue weighted by molar-refractivity contribution is -0.137. The normalized spacial score (nSPS) is 16.3. The van der Waals surface area contributed by atoms with Crippen LogP contribution in [0.25, 0.3) is 17.4 Å². The van der Waals surface area contributed by atoms with Gasteiger partial charge in [0.1, 0.15) is 11.5 Å². The average Bonchev–Trinajstić information content (AvgIpc) is 3.21. The van der Waals surface area contributed by atoms with Crippen molar-refractivity contribution >= 4 is 40.6 Å². The minimum absolute atomic E-state index is 0.195. The molecular weight excluding hydrogens is 427 g/mol. The van der Waals surface area contributed by atoms with Crippen LogP contribution in [0.5, 0.6) is 0 Å². The van der Waals surface area contributed by atoms with Gasteiger partial charge in [-0.15, -0.1) is 0 Å². The van der Waals surface area contributed by atoms with Gasteiger partial charge in [-0.3, -0.25) is 14.5 Å². The van der Waals surface area contributed by atoms with Gasteiger partial charge < -0.3 is 4.42 Å². The summed E-state index contributed by atoms with van der Waals surface area (Å²) in [6, 6.07) is 6.51. The summed E-state index contributed by atoms with van der Waals surface area (Å²) in [6.45, 7) is 2.39. The molecule has 4 nitrogen and oxygen atoms in total. The molecule has 1 fully saturated rings. The lowest BCUT2D eigenvalue weighted by Gasteiger charge is -2.11. The van der Waals surface area contributed by atoms with Crippen LogP contribution in [-0.2, 0) is 11.0 Å². The van der Waals surface area contributed by atoms with Crippen molar-refractivity contribution in [3.05, 3.63) is 51.6 Å². The molecule has 3 rings (SSSR count). The molecule has 1 aromatic heterocycles. The van der Waals surface area contributed by atoms with Crippen LogP contribution in [0.4, 0.5) is 18.0 Å². The third kappa shape index (κ3) is 4.87. The highest BCUT2D eigenvalue weighted by Crippen LogP contribution is 2.38. The summed E-state index contributed by atoms with van der Waals surface area (Å²) in [4.78, 5) is 25.9. The van der Waals surface area contributed by atoms with E-state index in [-0.39, 0.29) is 33.1 Å². The van der Waals surface area contributed by atoms with Gasteiger partial charge in [0.15, 0.2) is 0 Å². The van der Waals surface area contributed by atoms with E-state index in [1.165, 1.54) is 29.2 Å². The van der Waals surface area contributed by atoms with Gasteiger partial charge >= 0.3 is 6.18 Å². The number of imide groups is 1. The fraction of sp³-hybridized carbons (Fsp3) is 0.300. The van der Waals surface area contributed by atoms with Crippen LogP contribution in [0.2, 0.25) is 5.02 Å². The first-order valence-corrected chi connectivity index (χ1v) is 10.1. The number of hydrogen-bond donors (Lipinski definition) is 0. The predicted octanol–water partition coefficient (Wildman–Crippen LogP) is 6.85. The van der Waals surface area contributed by atoms with E-state index in [1.807, 2.05) is 6.92 Å². The zero-order valence-corrected chi connectivity index (χ0v) is 17.0. The van der Waals surface area contributed by atoms with E-state index in [9.17, 15) is 22.8 Å². The van der Waals surface area contributed by atoms with Gasteiger partial charge in [0.05, 0.1) is 15.5 Å². The number of amides is 2. The molecule has 154 valence electrons. The Bertz CT molecular complexity index is 968. The molecule has 0 bridgehead atoms. The van der Waals surface area contributed by atoms with E-state index in [0.29, 0.717) is 6.54 Å². The van der Waals surface area contributed by atoms with Gasteiger partial charge in [-0.25, -0.2) is 0 Å². The summed E-state index contributed by atoms with van der Waals surface area (Å²) in [7, 11) is 0. The summed E-state index contributed by atoms with van der Waals surface area (Å²) in [5, 5.41) is -0.735. The van der Waals surface area contributed by atoms with Gasteiger partial charge in [0.2, 0.25) is 0 Å². The van der Waals surface area contributed by atoms with E-state index < -0.39 is 16.8 Å². The maximum Gasteiger partial charge on any atom is 0.417 e. The molecule has 29 heavy (non-hydrogen) atoms. The van der Waals surface area contributed by atoms with E-state index in [0.717, 1.165) is 43.2 Å². The summed E-state index contributed by atoms with van der Waals surface area (Å²) in [6.07, 6.45) is -0.524. The second-order valence-corrected chi connectivity index (χ2v) is 7.84. The Kier molecular flexibility index (Phi) is 6.43. The molecule has 0 unspecified atom stereocenters. The van der Waals surface area contributed by atoms with Crippen molar-refractivity contribution < 1.29 is 27.2 Å². The molecule has 0 radical (unpaired) electrons. The Labute approximate surface area is 174 Å². The topological polar surface area (TPSA) is 50.5 Å². The largest absolute Gasteiger partial charge is 0.457 e. The molecule has 2 amide bonds. The van der Waals surface area contributed by atoms with Crippen LogP contribution in [0.15, 0.2) is 39.7 Å². The van der Waals surface area contributed by atoms with Crippen LogP contribution in [0, 0.1) is 0 Å². The van der Waals surface area contributed by atoms with E-state index in [4.69, 9.17) is 16.0 Å². The third-order valence-corrected chi connectivity index (χ3v) is 5.55. The standard InChI is InChI=1S/C20H17ClF3NO3S/c1-2-3-4-9-25-18(26)17(29-19(25)27)11-13-6-8-16(28-13)12-5-7-15(21)14(10-12)20(22,23)24/h5-8,10-11H,2-4,9H2,1H3/b17-11-. The van der Waals surface area contributed by atoms with Crippen molar-refractivity contribution in [3.8, 4) is 11.3 Å². The fourth-order valence-electron chi connectivity index (χ4n) is 2.82. The molecule has 1 aliphatic rings. The van der Waals surface area contributed by atoms with Crippen LogP contribution < -0.4 is 0 Å². The van der Waals surface area contributed by atoms with Gasteiger partial charge in [-0.1, -0.05) is 31.4 Å². The smallest absolute Gasteiger partial charge is 0.417 e. The molecule has 0 atom stereocenters. The number of thioether (sulfide) groups is 1. The van der Waals surface area contributed by atoms with Crippen molar-refractivity contribution in [2.75, 3.05) is 6.54 Å². The number of halogens is 4. The molecular formula is C20H17ClF3NO3S. The molecule has 1 saturated heterocycles. The van der Waals surface area contributed by atoms with Crippen molar-refractivity contribution in [3.63, 3.8) is 0 Å². The van der Waals surface area contributed by atoms with Crippen molar-refractivity contribution in [2.24, 2.45) is 0 Å². The van der Waals surface area contributed by atoms with E-state index >= 15 is 0 Å². The molecule has 1 aliphatic heterocycles. The Morgan fingerprint density at radius 2 is 1.93 bits per heavy atom. The fourth-order valence-corrected chi connectivity index (χ4v) is 3.89. The van der Waals surface area contributed by atoms with Crippen molar-refractivity contribution in [1.29, 1.82) is 0 Å². The van der Waals surface area contributed by atoms with Crippen molar-refractivity contribution in [2.45, 2.75) is 32.4 Å². The van der Waals surface area contributed by atoms with E-state index in [2.05, 4.69) is 0 Å². The first-order valence-electron chi connectivity index (χ1n) is 8.93. The summed E-state index contributed by atoms with van der Waals surface area (Å²) < 4.78 is 44.7. The maximum atomic E-state index is 13.0. The third-order valence-electron chi connectivity index (χ3n) is 4.32. The highest BCUT2D eigenvalue weighted by molar-refractivity contribution is 8.18. The second kappa shape index (κ2) is 8.67.